The van der Waals surface area contributed by atoms with Gasteiger partial charge < -0.3 is 9.97 Å². The fraction of sp³-hybridized carbons (Fsp3) is 0.368. The van der Waals surface area contributed by atoms with Crippen molar-refractivity contribution in [3.63, 3.8) is 0 Å². The molecule has 4 nitrogen and oxygen atoms in total. The summed E-state index contributed by atoms with van der Waals surface area (Å²) in [5, 5.41) is 0. The minimum atomic E-state index is 0.919. The fourth-order valence-corrected chi connectivity index (χ4v) is 2.81. The number of H-pyrrole nitrogens is 2. The van der Waals surface area contributed by atoms with Gasteiger partial charge in [0.25, 0.3) is 0 Å². The van der Waals surface area contributed by atoms with Gasteiger partial charge in [-0.2, -0.15) is 0 Å². The highest BCUT2D eigenvalue weighted by atomic mass is 14.9. The van der Waals surface area contributed by atoms with E-state index in [9.17, 15) is 0 Å². The van der Waals surface area contributed by atoms with E-state index in [-0.39, 0.29) is 0 Å². The molecule has 2 heterocycles. The Morgan fingerprint density at radius 1 is 0.783 bits per heavy atom. The molecular formula is C19H24N4. The van der Waals surface area contributed by atoms with Crippen molar-refractivity contribution in [3.8, 4) is 22.5 Å². The summed E-state index contributed by atoms with van der Waals surface area (Å²) in [5.41, 5.74) is 5.88. The lowest BCUT2D eigenvalue weighted by atomic mass is 9.99. The van der Waals surface area contributed by atoms with Gasteiger partial charge in [-0.05, 0) is 30.2 Å². The molecule has 120 valence electrons. The largest absolute Gasteiger partial charge is 0.342 e. The van der Waals surface area contributed by atoms with Crippen molar-refractivity contribution in [2.24, 2.45) is 0 Å². The van der Waals surface area contributed by atoms with Crippen LogP contribution in [0.3, 0.4) is 0 Å². The van der Waals surface area contributed by atoms with Crippen LogP contribution in [0.5, 0.6) is 0 Å². The van der Waals surface area contributed by atoms with Crippen molar-refractivity contribution in [3.05, 3.63) is 47.8 Å². The second-order valence-corrected chi connectivity index (χ2v) is 5.86. The monoisotopic (exact) mass is 308 g/mol. The van der Waals surface area contributed by atoms with Crippen LogP contribution in [0.25, 0.3) is 22.5 Å². The zero-order chi connectivity index (χ0) is 16.2. The maximum Gasteiger partial charge on any atom is 0.106 e. The molecule has 0 radical (unpaired) electrons. The number of rotatable bonds is 6. The fourth-order valence-electron chi connectivity index (χ4n) is 2.81. The van der Waals surface area contributed by atoms with Crippen molar-refractivity contribution in [2.75, 3.05) is 0 Å². The van der Waals surface area contributed by atoms with Crippen molar-refractivity contribution < 1.29 is 0 Å². The SMILES string of the molecule is CCCc1cc(-c2cnc(CC)[nH]2)cc(-c2cnc(CC)[nH]2)c1. The van der Waals surface area contributed by atoms with E-state index in [2.05, 4.69) is 58.9 Å². The molecule has 2 aromatic heterocycles. The first-order chi connectivity index (χ1) is 11.2. The standard InChI is InChI=1S/C19H24N4/c1-4-7-13-8-14(16-11-20-18(5-2)22-16)10-15(9-13)17-12-21-19(6-3)23-17/h8-12H,4-7H2,1-3H3,(H,20,22)(H,21,23). The first kappa shape index (κ1) is 15.5. The zero-order valence-corrected chi connectivity index (χ0v) is 14.1. The number of hydrogen-bond acceptors (Lipinski definition) is 2. The normalized spacial score (nSPS) is 11.1. The molecule has 3 rings (SSSR count). The second-order valence-electron chi connectivity index (χ2n) is 5.86. The van der Waals surface area contributed by atoms with Gasteiger partial charge in [-0.15, -0.1) is 0 Å². The Labute approximate surface area is 137 Å². The Kier molecular flexibility index (Phi) is 4.60. The van der Waals surface area contributed by atoms with Crippen molar-refractivity contribution in [2.45, 2.75) is 46.5 Å². The Morgan fingerprint density at radius 3 is 1.70 bits per heavy atom. The molecule has 23 heavy (non-hydrogen) atoms. The van der Waals surface area contributed by atoms with Crippen LogP contribution in [-0.2, 0) is 19.3 Å². The van der Waals surface area contributed by atoms with Crippen molar-refractivity contribution >= 4 is 0 Å². The van der Waals surface area contributed by atoms with E-state index in [0.717, 1.165) is 48.7 Å². The molecule has 0 atom stereocenters. The Balaban J connectivity index is 2.05. The Bertz CT molecular complexity index is 722. The van der Waals surface area contributed by atoms with Crippen LogP contribution < -0.4 is 0 Å². The first-order valence-electron chi connectivity index (χ1n) is 8.45. The molecule has 0 aliphatic heterocycles. The highest BCUT2D eigenvalue weighted by molar-refractivity contribution is 5.70. The average molecular weight is 308 g/mol. The van der Waals surface area contributed by atoms with Crippen LogP contribution in [-0.4, -0.2) is 19.9 Å². The van der Waals surface area contributed by atoms with Gasteiger partial charge >= 0.3 is 0 Å². The average Bonchev–Trinajstić information content (AvgIpc) is 3.24. The smallest absolute Gasteiger partial charge is 0.106 e. The summed E-state index contributed by atoms with van der Waals surface area (Å²) in [7, 11) is 0. The van der Waals surface area contributed by atoms with Gasteiger partial charge in [-0.3, -0.25) is 0 Å². The van der Waals surface area contributed by atoms with Crippen LogP contribution in [0.1, 0.15) is 44.4 Å². The third-order valence-corrected chi connectivity index (χ3v) is 4.08. The number of hydrogen-bond donors (Lipinski definition) is 2. The molecule has 0 aliphatic carbocycles. The van der Waals surface area contributed by atoms with Gasteiger partial charge in [0.2, 0.25) is 0 Å². The van der Waals surface area contributed by atoms with Crippen molar-refractivity contribution in [1.29, 1.82) is 0 Å². The summed E-state index contributed by atoms with van der Waals surface area (Å²) in [4.78, 5) is 15.7. The number of aromatic nitrogens is 4. The summed E-state index contributed by atoms with van der Waals surface area (Å²) in [6.07, 6.45) is 7.90. The Hall–Kier alpha value is -2.36. The summed E-state index contributed by atoms with van der Waals surface area (Å²) in [6, 6.07) is 6.73. The quantitative estimate of drug-likeness (QED) is 0.702. The van der Waals surface area contributed by atoms with Gasteiger partial charge in [0, 0.05) is 24.0 Å². The third-order valence-electron chi connectivity index (χ3n) is 4.08. The summed E-state index contributed by atoms with van der Waals surface area (Å²) < 4.78 is 0. The van der Waals surface area contributed by atoms with E-state index in [1.807, 2.05) is 12.4 Å². The lowest BCUT2D eigenvalue weighted by Crippen LogP contribution is -1.90. The highest BCUT2D eigenvalue weighted by Gasteiger charge is 2.09. The Morgan fingerprint density at radius 2 is 1.30 bits per heavy atom. The molecule has 0 bridgehead atoms. The van der Waals surface area contributed by atoms with Crippen LogP contribution in [0.15, 0.2) is 30.6 Å². The molecule has 0 amide bonds. The molecule has 1 aromatic carbocycles. The molecule has 4 heteroatoms. The van der Waals surface area contributed by atoms with E-state index in [4.69, 9.17) is 0 Å². The minimum Gasteiger partial charge on any atom is -0.342 e. The number of nitrogens with zero attached hydrogens (tertiary/aromatic N) is 2. The minimum absolute atomic E-state index is 0.919. The summed E-state index contributed by atoms with van der Waals surface area (Å²) >= 11 is 0. The van der Waals surface area contributed by atoms with E-state index in [1.54, 1.807) is 0 Å². The molecule has 0 unspecified atom stereocenters. The topological polar surface area (TPSA) is 57.4 Å². The van der Waals surface area contributed by atoms with Gasteiger partial charge in [-0.25, -0.2) is 9.97 Å². The van der Waals surface area contributed by atoms with Crippen LogP contribution in [0.4, 0.5) is 0 Å². The first-order valence-corrected chi connectivity index (χ1v) is 8.45. The lowest BCUT2D eigenvalue weighted by Gasteiger charge is -2.07. The maximum atomic E-state index is 4.43. The molecule has 0 aliphatic rings. The molecular weight excluding hydrogens is 284 g/mol. The third kappa shape index (κ3) is 3.36. The van der Waals surface area contributed by atoms with Gasteiger partial charge in [0.05, 0.1) is 23.8 Å². The van der Waals surface area contributed by atoms with Gasteiger partial charge in [0.15, 0.2) is 0 Å². The summed E-state index contributed by atoms with van der Waals surface area (Å²) in [5.74, 6) is 2.05. The van der Waals surface area contributed by atoms with Gasteiger partial charge in [0.1, 0.15) is 11.6 Å². The van der Waals surface area contributed by atoms with Crippen LogP contribution in [0.2, 0.25) is 0 Å². The van der Waals surface area contributed by atoms with E-state index < -0.39 is 0 Å². The zero-order valence-electron chi connectivity index (χ0n) is 14.1. The number of benzene rings is 1. The summed E-state index contributed by atoms with van der Waals surface area (Å²) in [6.45, 7) is 6.43. The number of aromatic amines is 2. The van der Waals surface area contributed by atoms with Crippen LogP contribution in [0, 0.1) is 0 Å². The predicted molar refractivity (Wildman–Crippen MR) is 94.4 cm³/mol. The molecule has 0 saturated carbocycles. The molecule has 0 fully saturated rings. The van der Waals surface area contributed by atoms with Crippen molar-refractivity contribution in [1.82, 2.24) is 19.9 Å². The van der Waals surface area contributed by atoms with Crippen LogP contribution >= 0.6 is 0 Å². The number of imidazole rings is 2. The van der Waals surface area contributed by atoms with E-state index in [1.165, 1.54) is 16.7 Å². The van der Waals surface area contributed by atoms with E-state index >= 15 is 0 Å². The molecule has 0 saturated heterocycles. The molecule has 2 N–H and O–H groups in total. The van der Waals surface area contributed by atoms with Gasteiger partial charge in [-0.1, -0.05) is 27.2 Å². The maximum absolute atomic E-state index is 4.43. The molecule has 3 aromatic rings. The second kappa shape index (κ2) is 6.82. The predicted octanol–water partition coefficient (Wildman–Crippen LogP) is 4.54. The number of aryl methyl sites for hydroxylation is 3. The van der Waals surface area contributed by atoms with E-state index in [0.29, 0.717) is 0 Å². The molecule has 0 spiro atoms. The number of nitrogens with one attached hydrogen (secondary N) is 2. The lowest BCUT2D eigenvalue weighted by molar-refractivity contribution is 0.922. The highest BCUT2D eigenvalue weighted by Crippen LogP contribution is 2.27.